The molecule has 19 heavy (non-hydrogen) atoms. The third kappa shape index (κ3) is 2.55. The Morgan fingerprint density at radius 2 is 2.37 bits per heavy atom. The molecule has 0 bridgehead atoms. The van der Waals surface area contributed by atoms with Crippen molar-refractivity contribution in [3.8, 4) is 0 Å². The summed E-state index contributed by atoms with van der Waals surface area (Å²) in [6.45, 7) is 3.72. The molecule has 102 valence electrons. The second-order valence-corrected chi connectivity index (χ2v) is 7.30. The molecule has 1 aliphatic rings. The van der Waals surface area contributed by atoms with Crippen LogP contribution >= 0.6 is 22.7 Å². The van der Waals surface area contributed by atoms with Crippen molar-refractivity contribution < 1.29 is 4.79 Å². The van der Waals surface area contributed by atoms with Gasteiger partial charge in [-0.15, -0.1) is 22.7 Å². The summed E-state index contributed by atoms with van der Waals surface area (Å²) in [7, 11) is 0. The maximum atomic E-state index is 12.5. The predicted octanol–water partition coefficient (Wildman–Crippen LogP) is 3.16. The first-order valence-electron chi connectivity index (χ1n) is 6.67. The van der Waals surface area contributed by atoms with E-state index in [1.165, 1.54) is 9.40 Å². The molecule has 3 rings (SSSR count). The number of nitrogens with two attached hydrogens (primary N) is 1. The molecule has 2 N–H and O–H groups in total. The highest BCUT2D eigenvalue weighted by atomic mass is 32.1. The fourth-order valence-electron chi connectivity index (χ4n) is 2.65. The van der Waals surface area contributed by atoms with Gasteiger partial charge in [0.05, 0.1) is 4.88 Å². The third-order valence-corrected chi connectivity index (χ3v) is 5.92. The van der Waals surface area contributed by atoms with Crippen molar-refractivity contribution in [1.82, 2.24) is 4.90 Å². The van der Waals surface area contributed by atoms with E-state index in [0.717, 1.165) is 30.8 Å². The van der Waals surface area contributed by atoms with Gasteiger partial charge in [0, 0.05) is 28.5 Å². The predicted molar refractivity (Wildman–Crippen MR) is 82.0 cm³/mol. The molecule has 1 amide bonds. The Morgan fingerprint density at radius 3 is 3.11 bits per heavy atom. The average Bonchev–Trinajstić information content (AvgIpc) is 2.98. The first-order chi connectivity index (χ1) is 9.15. The van der Waals surface area contributed by atoms with Crippen LogP contribution in [-0.4, -0.2) is 29.9 Å². The van der Waals surface area contributed by atoms with E-state index in [1.807, 2.05) is 17.9 Å². The van der Waals surface area contributed by atoms with E-state index in [2.05, 4.69) is 11.4 Å². The number of fused-ring (bicyclic) bond motifs is 1. The average molecular weight is 294 g/mol. The number of hydrogen-bond donors (Lipinski definition) is 1. The fraction of sp³-hybridized carbons (Fsp3) is 0.500. The van der Waals surface area contributed by atoms with Crippen LogP contribution in [0.1, 0.15) is 29.4 Å². The van der Waals surface area contributed by atoms with Crippen molar-refractivity contribution in [1.29, 1.82) is 0 Å². The van der Waals surface area contributed by atoms with Gasteiger partial charge in [-0.3, -0.25) is 4.79 Å². The van der Waals surface area contributed by atoms with E-state index < -0.39 is 0 Å². The number of hydrogen-bond acceptors (Lipinski definition) is 4. The van der Waals surface area contributed by atoms with Crippen molar-refractivity contribution in [3.63, 3.8) is 0 Å². The van der Waals surface area contributed by atoms with Crippen LogP contribution in [0.2, 0.25) is 0 Å². The minimum absolute atomic E-state index is 0.169. The van der Waals surface area contributed by atoms with E-state index in [1.54, 1.807) is 22.7 Å². The van der Waals surface area contributed by atoms with Crippen LogP contribution in [0.5, 0.6) is 0 Å². The lowest BCUT2D eigenvalue weighted by molar-refractivity contribution is 0.0666. The Hall–Kier alpha value is -0.910. The lowest BCUT2D eigenvalue weighted by Crippen LogP contribution is -2.44. The standard InChI is InChI=1S/C14H18N2OS2/c1-9(15)10-3-2-5-16(8-10)14(17)13-7-12-11(19-13)4-6-18-12/h4,6-7,9-10H,2-3,5,8,15H2,1H3. The maximum Gasteiger partial charge on any atom is 0.264 e. The highest BCUT2D eigenvalue weighted by Gasteiger charge is 2.27. The van der Waals surface area contributed by atoms with Crippen molar-refractivity contribution >= 4 is 38.0 Å². The monoisotopic (exact) mass is 294 g/mol. The summed E-state index contributed by atoms with van der Waals surface area (Å²) in [5, 5.41) is 2.07. The summed E-state index contributed by atoms with van der Waals surface area (Å²) in [5.74, 6) is 0.623. The number of likely N-dealkylation sites (tertiary alicyclic amines) is 1. The molecule has 0 radical (unpaired) electrons. The first kappa shape index (κ1) is 13.1. The highest BCUT2D eigenvalue weighted by molar-refractivity contribution is 7.27. The number of carbonyl (C=O) groups excluding carboxylic acids is 1. The van der Waals surface area contributed by atoms with E-state index in [4.69, 9.17) is 5.73 Å². The number of piperidine rings is 1. The molecule has 1 saturated heterocycles. The summed E-state index contributed by atoms with van der Waals surface area (Å²) in [4.78, 5) is 15.4. The van der Waals surface area contributed by atoms with Crippen LogP contribution in [-0.2, 0) is 0 Å². The Balaban J connectivity index is 1.77. The van der Waals surface area contributed by atoms with Gasteiger partial charge in [0.1, 0.15) is 0 Å². The Kier molecular flexibility index (Phi) is 3.60. The summed E-state index contributed by atoms with van der Waals surface area (Å²) in [6.07, 6.45) is 2.21. The van der Waals surface area contributed by atoms with Gasteiger partial charge in [0.2, 0.25) is 0 Å². The van der Waals surface area contributed by atoms with Crippen LogP contribution < -0.4 is 5.73 Å². The van der Waals surface area contributed by atoms with Crippen LogP contribution in [0.25, 0.3) is 9.40 Å². The zero-order valence-electron chi connectivity index (χ0n) is 11.0. The quantitative estimate of drug-likeness (QED) is 0.924. The van der Waals surface area contributed by atoms with Crippen LogP contribution in [0.4, 0.5) is 0 Å². The number of thiophene rings is 2. The molecule has 5 heteroatoms. The lowest BCUT2D eigenvalue weighted by atomic mass is 9.92. The third-order valence-electron chi connectivity index (χ3n) is 3.84. The molecule has 2 aromatic rings. The summed E-state index contributed by atoms with van der Waals surface area (Å²) in [5.41, 5.74) is 5.98. The molecule has 2 atom stereocenters. The van der Waals surface area contributed by atoms with Crippen molar-refractivity contribution in [2.45, 2.75) is 25.8 Å². The number of amides is 1. The molecule has 1 fully saturated rings. The minimum atomic E-state index is 0.169. The smallest absolute Gasteiger partial charge is 0.264 e. The van der Waals surface area contributed by atoms with Gasteiger partial charge < -0.3 is 10.6 Å². The molecule has 3 nitrogen and oxygen atoms in total. The Morgan fingerprint density at radius 1 is 1.53 bits per heavy atom. The zero-order valence-corrected chi connectivity index (χ0v) is 12.6. The van der Waals surface area contributed by atoms with Crippen LogP contribution in [0, 0.1) is 5.92 Å². The fourth-order valence-corrected chi connectivity index (χ4v) is 4.73. The normalized spacial score (nSPS) is 21.8. The molecule has 3 heterocycles. The van der Waals surface area contributed by atoms with Crippen LogP contribution in [0.3, 0.4) is 0 Å². The molecule has 0 saturated carbocycles. The highest BCUT2D eigenvalue weighted by Crippen LogP contribution is 2.31. The maximum absolute atomic E-state index is 12.5. The van der Waals surface area contributed by atoms with Gasteiger partial charge in [-0.25, -0.2) is 0 Å². The Labute approximate surface area is 121 Å². The SMILES string of the molecule is CC(N)C1CCCN(C(=O)c2cc3sccc3s2)C1. The van der Waals surface area contributed by atoms with E-state index in [0.29, 0.717) is 5.92 Å². The second-order valence-electron chi connectivity index (χ2n) is 5.27. The van der Waals surface area contributed by atoms with Gasteiger partial charge in [0.15, 0.2) is 0 Å². The first-order valence-corrected chi connectivity index (χ1v) is 8.36. The van der Waals surface area contributed by atoms with Gasteiger partial charge in [-0.1, -0.05) is 0 Å². The van der Waals surface area contributed by atoms with Gasteiger partial charge in [-0.05, 0) is 43.2 Å². The number of nitrogens with zero attached hydrogens (tertiary/aromatic N) is 1. The van der Waals surface area contributed by atoms with E-state index in [-0.39, 0.29) is 11.9 Å². The lowest BCUT2D eigenvalue weighted by Gasteiger charge is -2.34. The molecule has 0 aromatic carbocycles. The zero-order chi connectivity index (χ0) is 13.4. The van der Waals surface area contributed by atoms with Gasteiger partial charge in [-0.2, -0.15) is 0 Å². The topological polar surface area (TPSA) is 46.3 Å². The van der Waals surface area contributed by atoms with Crippen molar-refractivity contribution in [2.24, 2.45) is 11.7 Å². The molecule has 2 unspecified atom stereocenters. The van der Waals surface area contributed by atoms with Gasteiger partial charge >= 0.3 is 0 Å². The molecule has 0 spiro atoms. The summed E-state index contributed by atoms with van der Waals surface area (Å²) >= 11 is 3.30. The Bertz CT molecular complexity index is 559. The van der Waals surface area contributed by atoms with Crippen molar-refractivity contribution in [3.05, 3.63) is 22.4 Å². The molecule has 2 aromatic heterocycles. The van der Waals surface area contributed by atoms with Crippen LogP contribution in [0.15, 0.2) is 17.5 Å². The number of rotatable bonds is 2. The van der Waals surface area contributed by atoms with Crippen molar-refractivity contribution in [2.75, 3.05) is 13.1 Å². The minimum Gasteiger partial charge on any atom is -0.338 e. The number of carbonyl (C=O) groups is 1. The van der Waals surface area contributed by atoms with E-state index >= 15 is 0 Å². The molecular formula is C14H18N2OS2. The summed E-state index contributed by atoms with van der Waals surface area (Å²) < 4.78 is 2.43. The summed E-state index contributed by atoms with van der Waals surface area (Å²) in [6, 6.07) is 4.28. The molecule has 1 aliphatic heterocycles. The second kappa shape index (κ2) is 5.23. The van der Waals surface area contributed by atoms with Gasteiger partial charge in [0.25, 0.3) is 5.91 Å². The largest absolute Gasteiger partial charge is 0.338 e. The van der Waals surface area contributed by atoms with E-state index in [9.17, 15) is 4.79 Å². The molecule has 0 aliphatic carbocycles. The molecular weight excluding hydrogens is 276 g/mol.